The zero-order valence-electron chi connectivity index (χ0n) is 10.8. The van der Waals surface area contributed by atoms with E-state index in [-0.39, 0.29) is 0 Å². The molecule has 0 N–H and O–H groups in total. The summed E-state index contributed by atoms with van der Waals surface area (Å²) in [5.41, 5.74) is 0. The van der Waals surface area contributed by atoms with E-state index in [1.165, 1.54) is 9.88 Å². The van der Waals surface area contributed by atoms with Crippen molar-refractivity contribution in [1.82, 2.24) is 24.2 Å². The molecule has 2 aromatic rings. The summed E-state index contributed by atoms with van der Waals surface area (Å²) in [5, 5.41) is 5.43. The van der Waals surface area contributed by atoms with Crippen molar-refractivity contribution in [3.05, 3.63) is 27.2 Å². The van der Waals surface area contributed by atoms with Crippen LogP contribution < -0.4 is 0 Å². The molecule has 0 aliphatic carbocycles. The van der Waals surface area contributed by atoms with Crippen LogP contribution in [0.3, 0.4) is 0 Å². The summed E-state index contributed by atoms with van der Waals surface area (Å²) < 4.78 is 4.39. The van der Waals surface area contributed by atoms with Crippen LogP contribution in [0, 0.1) is 4.77 Å². The zero-order valence-corrected chi connectivity index (χ0v) is 12.5. The van der Waals surface area contributed by atoms with Gasteiger partial charge in [-0.15, -0.1) is 11.3 Å². The third kappa shape index (κ3) is 3.04. The molecule has 0 aliphatic heterocycles. The molecule has 0 fully saturated rings. The van der Waals surface area contributed by atoms with Gasteiger partial charge in [-0.2, -0.15) is 5.10 Å². The maximum absolute atomic E-state index is 5.26. The van der Waals surface area contributed by atoms with Gasteiger partial charge in [0.1, 0.15) is 6.33 Å². The minimum absolute atomic E-state index is 0.693. The van der Waals surface area contributed by atoms with E-state index in [9.17, 15) is 0 Å². The molecule has 0 unspecified atom stereocenters. The molecule has 0 amide bonds. The van der Waals surface area contributed by atoms with Crippen molar-refractivity contribution in [2.75, 3.05) is 7.05 Å². The van der Waals surface area contributed by atoms with Crippen molar-refractivity contribution in [1.29, 1.82) is 0 Å². The molecule has 0 saturated heterocycles. The fraction of sp³-hybridized carbons (Fsp3) is 0.545. The van der Waals surface area contributed by atoms with Gasteiger partial charge in [-0.25, -0.2) is 9.67 Å². The Morgan fingerprint density at radius 1 is 1.50 bits per heavy atom. The second-order valence-electron chi connectivity index (χ2n) is 4.25. The molecule has 0 bridgehead atoms. The van der Waals surface area contributed by atoms with Crippen LogP contribution in [0.25, 0.3) is 0 Å². The average molecular weight is 283 g/mol. The SMILES string of the molecule is CCc1ncc(CN(C)Cn2ncn(C)c2=S)s1. The van der Waals surface area contributed by atoms with Gasteiger partial charge in [0.15, 0.2) is 4.77 Å². The van der Waals surface area contributed by atoms with Crippen molar-refractivity contribution >= 4 is 23.6 Å². The van der Waals surface area contributed by atoms with Gasteiger partial charge < -0.3 is 4.57 Å². The van der Waals surface area contributed by atoms with E-state index in [0.717, 1.165) is 17.7 Å². The Morgan fingerprint density at radius 2 is 2.28 bits per heavy atom. The number of aromatic nitrogens is 4. The molecular formula is C11H17N5S2. The molecule has 5 nitrogen and oxygen atoms in total. The zero-order chi connectivity index (χ0) is 13.1. The first-order valence-electron chi connectivity index (χ1n) is 5.80. The summed E-state index contributed by atoms with van der Waals surface area (Å²) >= 11 is 7.03. The molecule has 18 heavy (non-hydrogen) atoms. The molecule has 2 aromatic heterocycles. The van der Waals surface area contributed by atoms with E-state index in [2.05, 4.69) is 29.0 Å². The highest BCUT2D eigenvalue weighted by atomic mass is 32.1. The summed E-state index contributed by atoms with van der Waals surface area (Å²) in [6, 6.07) is 0. The minimum atomic E-state index is 0.693. The monoisotopic (exact) mass is 283 g/mol. The molecule has 7 heteroatoms. The smallest absolute Gasteiger partial charge is 0.198 e. The number of thiazole rings is 1. The van der Waals surface area contributed by atoms with Crippen LogP contribution >= 0.6 is 23.6 Å². The van der Waals surface area contributed by atoms with Crippen LogP contribution in [0.5, 0.6) is 0 Å². The Morgan fingerprint density at radius 3 is 2.83 bits per heavy atom. The molecule has 0 atom stereocenters. The predicted molar refractivity (Wildman–Crippen MR) is 75.0 cm³/mol. The minimum Gasteiger partial charge on any atom is -0.310 e. The Labute approximate surface area is 116 Å². The maximum Gasteiger partial charge on any atom is 0.198 e. The Kier molecular flexibility index (Phi) is 4.26. The second-order valence-corrected chi connectivity index (χ2v) is 5.82. The number of nitrogens with zero attached hydrogens (tertiary/aromatic N) is 5. The van der Waals surface area contributed by atoms with Gasteiger partial charge >= 0.3 is 0 Å². The topological polar surface area (TPSA) is 38.9 Å². The Bertz CT molecular complexity index is 568. The molecular weight excluding hydrogens is 266 g/mol. The number of hydrogen-bond acceptors (Lipinski definition) is 5. The molecule has 0 aliphatic rings. The van der Waals surface area contributed by atoms with Crippen LogP contribution in [0.1, 0.15) is 16.8 Å². The van der Waals surface area contributed by atoms with E-state index in [4.69, 9.17) is 12.2 Å². The highest BCUT2D eigenvalue weighted by molar-refractivity contribution is 7.71. The van der Waals surface area contributed by atoms with Gasteiger partial charge in [0.2, 0.25) is 0 Å². The van der Waals surface area contributed by atoms with Crippen LogP contribution in [0.4, 0.5) is 0 Å². The van der Waals surface area contributed by atoms with Gasteiger partial charge in [-0.1, -0.05) is 6.92 Å². The van der Waals surface area contributed by atoms with Crippen LogP contribution in [-0.2, 0) is 26.7 Å². The highest BCUT2D eigenvalue weighted by Gasteiger charge is 2.06. The van der Waals surface area contributed by atoms with Crippen LogP contribution in [-0.4, -0.2) is 31.3 Å². The van der Waals surface area contributed by atoms with E-state index >= 15 is 0 Å². The Balaban J connectivity index is 1.98. The van der Waals surface area contributed by atoms with Crippen LogP contribution in [0.15, 0.2) is 12.5 Å². The van der Waals surface area contributed by atoms with Gasteiger partial charge in [0.25, 0.3) is 0 Å². The molecule has 0 radical (unpaired) electrons. The first kappa shape index (κ1) is 13.4. The van der Waals surface area contributed by atoms with Crippen LogP contribution in [0.2, 0.25) is 0 Å². The Hall–Kier alpha value is -1.05. The van der Waals surface area contributed by atoms with Crippen molar-refractivity contribution < 1.29 is 0 Å². The lowest BCUT2D eigenvalue weighted by Gasteiger charge is -2.14. The lowest BCUT2D eigenvalue weighted by molar-refractivity contribution is 0.245. The highest BCUT2D eigenvalue weighted by Crippen LogP contribution is 2.15. The van der Waals surface area contributed by atoms with Crippen molar-refractivity contribution in [2.45, 2.75) is 26.6 Å². The summed E-state index contributed by atoms with van der Waals surface area (Å²) in [4.78, 5) is 7.81. The molecule has 2 heterocycles. The fourth-order valence-corrected chi connectivity index (χ4v) is 2.74. The summed E-state index contributed by atoms with van der Waals surface area (Å²) in [6.45, 7) is 3.69. The van der Waals surface area contributed by atoms with Gasteiger partial charge in [0, 0.05) is 24.7 Å². The largest absolute Gasteiger partial charge is 0.310 e. The molecule has 0 aromatic carbocycles. The summed E-state index contributed by atoms with van der Waals surface area (Å²) in [7, 11) is 3.96. The third-order valence-corrected chi connectivity index (χ3v) is 4.22. The first-order chi connectivity index (χ1) is 8.60. The average Bonchev–Trinajstić information content (AvgIpc) is 2.91. The number of rotatable bonds is 5. The second kappa shape index (κ2) is 5.73. The number of aryl methyl sites for hydroxylation is 2. The lowest BCUT2D eigenvalue weighted by Crippen LogP contribution is -2.22. The standard InChI is InChI=1S/C11H17N5S2/c1-4-10-12-5-9(18-10)6-14(2)8-16-11(17)15(3)7-13-16/h5,7H,4,6,8H2,1-3H3. The number of hydrogen-bond donors (Lipinski definition) is 0. The van der Waals surface area contributed by atoms with E-state index in [0.29, 0.717) is 6.67 Å². The predicted octanol–water partition coefficient (Wildman–Crippen LogP) is 2.06. The van der Waals surface area contributed by atoms with E-state index < -0.39 is 0 Å². The van der Waals surface area contributed by atoms with E-state index in [1.807, 2.05) is 22.5 Å². The quantitative estimate of drug-likeness (QED) is 0.787. The maximum atomic E-state index is 5.26. The van der Waals surface area contributed by atoms with Gasteiger partial charge in [0.05, 0.1) is 11.7 Å². The molecule has 98 valence electrons. The molecule has 0 saturated carbocycles. The first-order valence-corrected chi connectivity index (χ1v) is 7.03. The van der Waals surface area contributed by atoms with Crippen molar-refractivity contribution in [2.24, 2.45) is 7.05 Å². The van der Waals surface area contributed by atoms with E-state index in [1.54, 1.807) is 17.7 Å². The van der Waals surface area contributed by atoms with Gasteiger partial charge in [-0.3, -0.25) is 4.90 Å². The summed E-state index contributed by atoms with van der Waals surface area (Å²) in [6.07, 6.45) is 4.69. The normalized spacial score (nSPS) is 11.3. The van der Waals surface area contributed by atoms with Crippen molar-refractivity contribution in [3.8, 4) is 0 Å². The summed E-state index contributed by atoms with van der Waals surface area (Å²) in [5.74, 6) is 0. The molecule has 2 rings (SSSR count). The fourth-order valence-electron chi connectivity index (χ4n) is 1.65. The third-order valence-electron chi connectivity index (χ3n) is 2.59. The molecule has 0 spiro atoms. The lowest BCUT2D eigenvalue weighted by atomic mass is 10.5. The van der Waals surface area contributed by atoms with Gasteiger partial charge in [-0.05, 0) is 25.7 Å². The van der Waals surface area contributed by atoms with Crippen molar-refractivity contribution in [3.63, 3.8) is 0 Å².